The lowest BCUT2D eigenvalue weighted by molar-refractivity contribution is -0.121. The number of benzene rings is 1. The number of hydrogen-bond donors (Lipinski definition) is 2. The molecule has 0 unspecified atom stereocenters. The topological polar surface area (TPSA) is 58.2 Å². The fourth-order valence-corrected chi connectivity index (χ4v) is 2.76. The van der Waals surface area contributed by atoms with Crippen LogP contribution >= 0.6 is 0 Å². The van der Waals surface area contributed by atoms with Crippen molar-refractivity contribution in [2.75, 3.05) is 6.54 Å². The minimum absolute atomic E-state index is 0.144. The second-order valence-corrected chi connectivity index (χ2v) is 5.74. The van der Waals surface area contributed by atoms with Crippen LogP contribution in [0.3, 0.4) is 0 Å². The quantitative estimate of drug-likeness (QED) is 0.872. The molecular formula is C10H11F3N2O2S. The van der Waals surface area contributed by atoms with Crippen LogP contribution in [0.5, 0.6) is 0 Å². The van der Waals surface area contributed by atoms with Crippen LogP contribution < -0.4 is 10.0 Å². The van der Waals surface area contributed by atoms with Gasteiger partial charge in [-0.25, -0.2) is 13.1 Å². The number of hydrogen-bond acceptors (Lipinski definition) is 3. The van der Waals surface area contributed by atoms with Gasteiger partial charge in [0.25, 0.3) is 0 Å². The Balaban J connectivity index is 2.20. The number of sulfonamides is 1. The summed E-state index contributed by atoms with van der Waals surface area (Å²) in [6.07, 6.45) is -4.56. The summed E-state index contributed by atoms with van der Waals surface area (Å²) < 4.78 is 60.8. The first-order chi connectivity index (χ1) is 8.28. The zero-order chi connectivity index (χ0) is 13.4. The van der Waals surface area contributed by atoms with E-state index in [1.165, 1.54) is 16.9 Å². The molecular weight excluding hydrogens is 269 g/mol. The number of alkyl halides is 3. The van der Waals surface area contributed by atoms with E-state index in [9.17, 15) is 21.6 Å². The minimum atomic E-state index is -4.56. The van der Waals surface area contributed by atoms with Crippen LogP contribution in [0.25, 0.3) is 0 Å². The van der Waals surface area contributed by atoms with Crippen molar-refractivity contribution < 1.29 is 21.6 Å². The molecule has 100 valence electrons. The molecule has 1 aromatic rings. The molecule has 1 aliphatic heterocycles. The van der Waals surface area contributed by atoms with Gasteiger partial charge in [-0.05, 0) is 23.3 Å². The van der Waals surface area contributed by atoms with Crippen molar-refractivity contribution >= 4 is 10.0 Å². The molecule has 0 spiro atoms. The molecule has 1 aliphatic rings. The number of rotatable bonds is 3. The Morgan fingerprint density at radius 2 is 1.89 bits per heavy atom. The van der Waals surface area contributed by atoms with Gasteiger partial charge in [0.15, 0.2) is 0 Å². The molecule has 0 aliphatic carbocycles. The van der Waals surface area contributed by atoms with Crippen molar-refractivity contribution in [2.45, 2.75) is 24.2 Å². The molecule has 2 N–H and O–H groups in total. The average Bonchev–Trinajstić information content (AvgIpc) is 2.72. The van der Waals surface area contributed by atoms with Gasteiger partial charge in [-0.15, -0.1) is 0 Å². The maximum Gasteiger partial charge on any atom is 0.402 e. The van der Waals surface area contributed by atoms with E-state index >= 15 is 0 Å². The summed E-state index contributed by atoms with van der Waals surface area (Å²) in [4.78, 5) is -0.144. The van der Waals surface area contributed by atoms with Gasteiger partial charge in [-0.2, -0.15) is 13.2 Å². The molecule has 0 saturated carbocycles. The highest BCUT2D eigenvalue weighted by molar-refractivity contribution is 7.89. The van der Waals surface area contributed by atoms with Gasteiger partial charge in [-0.3, -0.25) is 0 Å². The molecule has 0 fully saturated rings. The van der Waals surface area contributed by atoms with Crippen molar-refractivity contribution in [3.05, 3.63) is 29.3 Å². The van der Waals surface area contributed by atoms with Gasteiger partial charge in [0, 0.05) is 13.1 Å². The summed E-state index contributed by atoms with van der Waals surface area (Å²) in [5.41, 5.74) is 1.76. The van der Waals surface area contributed by atoms with E-state index in [1.807, 2.05) is 0 Å². The molecule has 0 atom stereocenters. The van der Waals surface area contributed by atoms with E-state index in [2.05, 4.69) is 5.32 Å². The third kappa shape index (κ3) is 3.01. The lowest BCUT2D eigenvalue weighted by Gasteiger charge is -2.10. The molecule has 2 rings (SSSR count). The number of fused-ring (bicyclic) bond motifs is 1. The number of nitrogens with one attached hydrogen (secondary N) is 2. The van der Waals surface area contributed by atoms with Crippen LogP contribution in [-0.2, 0) is 23.1 Å². The standard InChI is InChI=1S/C10H11F3N2O2S/c11-10(12,13)6-15-18(16,17)9-2-1-7-4-14-5-8(7)3-9/h1-3,14-15H,4-6H2. The van der Waals surface area contributed by atoms with E-state index in [4.69, 9.17) is 0 Å². The summed E-state index contributed by atoms with van der Waals surface area (Å²) in [5, 5.41) is 3.03. The van der Waals surface area contributed by atoms with Gasteiger partial charge in [-0.1, -0.05) is 6.07 Å². The van der Waals surface area contributed by atoms with Crippen molar-refractivity contribution in [3.63, 3.8) is 0 Å². The molecule has 0 radical (unpaired) electrons. The Bertz CT molecular complexity index is 555. The van der Waals surface area contributed by atoms with E-state index in [1.54, 1.807) is 6.07 Å². The van der Waals surface area contributed by atoms with Crippen molar-refractivity contribution in [1.29, 1.82) is 0 Å². The Labute approximate surface area is 102 Å². The fraction of sp³-hybridized carbons (Fsp3) is 0.400. The maximum absolute atomic E-state index is 12.0. The molecule has 4 nitrogen and oxygen atoms in total. The molecule has 0 bridgehead atoms. The lowest BCUT2D eigenvalue weighted by atomic mass is 10.1. The van der Waals surface area contributed by atoms with Crippen molar-refractivity contribution in [2.24, 2.45) is 0 Å². The molecule has 1 aromatic carbocycles. The molecule has 1 heterocycles. The van der Waals surface area contributed by atoms with Crippen LogP contribution in [0.15, 0.2) is 23.1 Å². The van der Waals surface area contributed by atoms with Gasteiger partial charge in [0.05, 0.1) is 4.90 Å². The second kappa shape index (κ2) is 4.52. The smallest absolute Gasteiger partial charge is 0.309 e. The first kappa shape index (κ1) is 13.3. The van der Waals surface area contributed by atoms with Gasteiger partial charge >= 0.3 is 6.18 Å². The van der Waals surface area contributed by atoms with Gasteiger partial charge in [0.2, 0.25) is 10.0 Å². The fourth-order valence-electron chi connectivity index (χ4n) is 1.70. The van der Waals surface area contributed by atoms with Crippen LogP contribution in [0, 0.1) is 0 Å². The predicted octanol–water partition coefficient (Wildman–Crippen LogP) is 1.13. The average molecular weight is 280 g/mol. The summed E-state index contributed by atoms with van der Waals surface area (Å²) >= 11 is 0. The summed E-state index contributed by atoms with van der Waals surface area (Å²) in [6, 6.07) is 4.32. The Morgan fingerprint density at radius 3 is 2.56 bits per heavy atom. The highest BCUT2D eigenvalue weighted by atomic mass is 32.2. The zero-order valence-electron chi connectivity index (χ0n) is 9.21. The Kier molecular flexibility index (Phi) is 3.35. The molecule has 0 saturated heterocycles. The number of halogens is 3. The molecule has 18 heavy (non-hydrogen) atoms. The first-order valence-electron chi connectivity index (χ1n) is 5.17. The Hall–Kier alpha value is -1.12. The normalized spacial score (nSPS) is 15.7. The van der Waals surface area contributed by atoms with Crippen LogP contribution in [0.2, 0.25) is 0 Å². The largest absolute Gasteiger partial charge is 0.402 e. The summed E-state index contributed by atoms with van der Waals surface area (Å²) in [5.74, 6) is 0. The maximum atomic E-state index is 12.0. The summed E-state index contributed by atoms with van der Waals surface area (Å²) in [7, 11) is -4.11. The SMILES string of the molecule is O=S(=O)(NCC(F)(F)F)c1ccc2c(c1)CNC2. The van der Waals surface area contributed by atoms with Crippen LogP contribution in [0.4, 0.5) is 13.2 Å². The van der Waals surface area contributed by atoms with Crippen LogP contribution in [-0.4, -0.2) is 21.1 Å². The predicted molar refractivity (Wildman–Crippen MR) is 58.2 cm³/mol. The third-order valence-corrected chi connectivity index (χ3v) is 3.98. The minimum Gasteiger partial charge on any atom is -0.309 e. The summed E-state index contributed by atoms with van der Waals surface area (Å²) in [6.45, 7) is -0.395. The highest BCUT2D eigenvalue weighted by Crippen LogP contribution is 2.20. The van der Waals surface area contributed by atoms with Crippen molar-refractivity contribution in [3.8, 4) is 0 Å². The van der Waals surface area contributed by atoms with Gasteiger partial charge < -0.3 is 5.32 Å². The van der Waals surface area contributed by atoms with E-state index < -0.39 is 22.7 Å². The second-order valence-electron chi connectivity index (χ2n) is 3.97. The van der Waals surface area contributed by atoms with E-state index in [0.717, 1.165) is 11.1 Å². The third-order valence-electron chi connectivity index (χ3n) is 2.58. The highest BCUT2D eigenvalue weighted by Gasteiger charge is 2.30. The van der Waals surface area contributed by atoms with E-state index in [0.29, 0.717) is 13.1 Å². The molecule has 8 heteroatoms. The van der Waals surface area contributed by atoms with Crippen LogP contribution in [0.1, 0.15) is 11.1 Å². The molecule has 0 amide bonds. The van der Waals surface area contributed by atoms with E-state index in [-0.39, 0.29) is 4.90 Å². The van der Waals surface area contributed by atoms with Crippen molar-refractivity contribution in [1.82, 2.24) is 10.0 Å². The molecule has 0 aromatic heterocycles. The van der Waals surface area contributed by atoms with Gasteiger partial charge in [0.1, 0.15) is 6.54 Å². The Morgan fingerprint density at radius 1 is 1.22 bits per heavy atom. The monoisotopic (exact) mass is 280 g/mol. The first-order valence-corrected chi connectivity index (χ1v) is 6.65. The lowest BCUT2D eigenvalue weighted by Crippen LogP contribution is -2.33. The zero-order valence-corrected chi connectivity index (χ0v) is 10.0.